The van der Waals surface area contributed by atoms with Crippen LogP contribution in [-0.2, 0) is 9.59 Å². The number of hydrogen-bond acceptors (Lipinski definition) is 5. The highest BCUT2D eigenvalue weighted by Crippen LogP contribution is 2.75. The first-order valence-corrected chi connectivity index (χ1v) is 14.9. The molecule has 0 saturated heterocycles. The second kappa shape index (κ2) is 8.51. The third-order valence-electron chi connectivity index (χ3n) is 13.3. The Morgan fingerprint density at radius 3 is 2.26 bits per heavy atom. The topological polar surface area (TPSA) is 93.8 Å². The molecule has 0 bridgehead atoms. The van der Waals surface area contributed by atoms with Crippen LogP contribution in [0.4, 0.5) is 0 Å². The SMILES string of the molecule is CC1(C)CC[C@]2(CNCC#N)CC[C@]3(C)[C@H](C(=O)C[C@@H]4[C@@]5(C)C=C(C#N)C(=O)C(C)(C)[C@@H]5CC[C@]43C)[C@H]2C1. The molecule has 0 spiro atoms. The predicted octanol–water partition coefficient (Wildman–Crippen LogP) is 6.40. The summed E-state index contributed by atoms with van der Waals surface area (Å²) in [6, 6.07) is 4.47. The van der Waals surface area contributed by atoms with Gasteiger partial charge < -0.3 is 5.32 Å². The highest BCUT2D eigenvalue weighted by atomic mass is 16.1. The Bertz CT molecular complexity index is 1170. The molecule has 4 saturated carbocycles. The Morgan fingerprint density at radius 1 is 0.921 bits per heavy atom. The van der Waals surface area contributed by atoms with E-state index in [9.17, 15) is 20.1 Å². The van der Waals surface area contributed by atoms with Crippen LogP contribution in [0.2, 0.25) is 0 Å². The van der Waals surface area contributed by atoms with Gasteiger partial charge in [0.1, 0.15) is 11.9 Å². The average Bonchev–Trinajstić information content (AvgIpc) is 2.83. The van der Waals surface area contributed by atoms with Crippen LogP contribution in [0.5, 0.6) is 0 Å². The van der Waals surface area contributed by atoms with E-state index in [2.05, 4.69) is 52.1 Å². The minimum absolute atomic E-state index is 0.0266. The Hall–Kier alpha value is -1.98. The van der Waals surface area contributed by atoms with E-state index in [1.807, 2.05) is 19.9 Å². The number of allylic oxidation sites excluding steroid dienone is 2. The number of ketones is 2. The average molecular weight is 518 g/mol. The van der Waals surface area contributed by atoms with E-state index in [0.717, 1.165) is 45.1 Å². The molecule has 0 aromatic rings. The summed E-state index contributed by atoms with van der Waals surface area (Å²) in [5.74, 6) is 0.982. The van der Waals surface area contributed by atoms with Gasteiger partial charge in [-0.1, -0.05) is 54.5 Å². The number of fused-ring (bicyclic) bond motifs is 7. The Kier molecular flexibility index (Phi) is 6.18. The zero-order chi connectivity index (χ0) is 27.9. The van der Waals surface area contributed by atoms with Crippen molar-refractivity contribution < 1.29 is 9.59 Å². The molecule has 0 aromatic carbocycles. The van der Waals surface area contributed by atoms with Gasteiger partial charge in [0, 0.05) is 24.3 Å². The maximum Gasteiger partial charge on any atom is 0.178 e. The number of nitrogens with zero attached hydrogens (tertiary/aromatic N) is 2. The summed E-state index contributed by atoms with van der Waals surface area (Å²) in [5.41, 5.74) is -0.544. The maximum atomic E-state index is 14.5. The highest BCUT2D eigenvalue weighted by molar-refractivity contribution is 6.04. The molecule has 5 heteroatoms. The van der Waals surface area contributed by atoms with Gasteiger partial charge in [0.15, 0.2) is 5.78 Å². The van der Waals surface area contributed by atoms with Gasteiger partial charge in [0.2, 0.25) is 0 Å². The Balaban J connectivity index is 1.60. The van der Waals surface area contributed by atoms with E-state index < -0.39 is 5.41 Å². The first-order valence-electron chi connectivity index (χ1n) is 14.9. The fourth-order valence-corrected chi connectivity index (χ4v) is 11.1. The van der Waals surface area contributed by atoms with Crippen LogP contribution in [0, 0.1) is 78.8 Å². The predicted molar refractivity (Wildman–Crippen MR) is 147 cm³/mol. The molecule has 0 unspecified atom stereocenters. The lowest BCUT2D eigenvalue weighted by Crippen LogP contribution is -2.69. The first kappa shape index (κ1) is 27.6. The minimum atomic E-state index is -0.599. The molecule has 5 nitrogen and oxygen atoms in total. The molecule has 0 aromatic heterocycles. The summed E-state index contributed by atoms with van der Waals surface area (Å²) in [6.07, 6.45) is 9.99. The summed E-state index contributed by atoms with van der Waals surface area (Å²) < 4.78 is 0. The molecular weight excluding hydrogens is 470 g/mol. The van der Waals surface area contributed by atoms with E-state index in [0.29, 0.717) is 24.7 Å². The number of hydrogen-bond donors (Lipinski definition) is 1. The summed E-state index contributed by atoms with van der Waals surface area (Å²) in [6.45, 7) is 17.1. The molecule has 5 rings (SSSR count). The second-order valence-electron chi connectivity index (χ2n) is 15.8. The molecule has 5 aliphatic rings. The molecule has 5 aliphatic carbocycles. The van der Waals surface area contributed by atoms with Gasteiger partial charge >= 0.3 is 0 Å². The van der Waals surface area contributed by atoms with E-state index in [1.54, 1.807) is 0 Å². The van der Waals surface area contributed by atoms with E-state index in [4.69, 9.17) is 0 Å². The van der Waals surface area contributed by atoms with Crippen molar-refractivity contribution in [2.24, 2.45) is 56.2 Å². The molecule has 0 aliphatic heterocycles. The Morgan fingerprint density at radius 2 is 1.61 bits per heavy atom. The minimum Gasteiger partial charge on any atom is -0.304 e. The van der Waals surface area contributed by atoms with Crippen LogP contribution in [0.3, 0.4) is 0 Å². The van der Waals surface area contributed by atoms with Crippen molar-refractivity contribution >= 4 is 11.6 Å². The molecule has 38 heavy (non-hydrogen) atoms. The van der Waals surface area contributed by atoms with Crippen molar-refractivity contribution in [1.82, 2.24) is 5.32 Å². The van der Waals surface area contributed by atoms with E-state index >= 15 is 0 Å². The maximum absolute atomic E-state index is 14.5. The van der Waals surface area contributed by atoms with E-state index in [-0.39, 0.29) is 56.2 Å². The summed E-state index contributed by atoms with van der Waals surface area (Å²) in [5, 5.41) is 22.6. The number of carbonyl (C=O) groups excluding carboxylic acids is 2. The van der Waals surface area contributed by atoms with Gasteiger partial charge in [-0.2, -0.15) is 10.5 Å². The normalized spacial score (nSPS) is 46.8. The first-order chi connectivity index (χ1) is 17.6. The number of rotatable bonds is 3. The zero-order valence-electron chi connectivity index (χ0n) is 24.7. The Labute approximate surface area is 229 Å². The van der Waals surface area contributed by atoms with Crippen molar-refractivity contribution in [3.8, 4) is 12.1 Å². The third-order valence-corrected chi connectivity index (χ3v) is 13.3. The fraction of sp³-hybridized carbons (Fsp3) is 0.818. The van der Waals surface area contributed by atoms with Crippen molar-refractivity contribution in [2.75, 3.05) is 13.1 Å². The van der Waals surface area contributed by atoms with Crippen molar-refractivity contribution in [2.45, 2.75) is 99.8 Å². The van der Waals surface area contributed by atoms with Gasteiger partial charge in [-0.15, -0.1) is 0 Å². The lowest BCUT2D eigenvalue weighted by Gasteiger charge is -2.72. The molecule has 8 atom stereocenters. The quantitative estimate of drug-likeness (QED) is 0.345. The van der Waals surface area contributed by atoms with Gasteiger partial charge in [-0.05, 0) is 89.8 Å². The zero-order valence-corrected chi connectivity index (χ0v) is 24.7. The standard InChI is InChI=1S/C33H47N3O2/c1-28(2)10-12-33(20-36-15-14-34)13-11-32(7)26(22(33)18-28)23(37)16-25-30(5)17-21(19-35)27(38)29(3,4)24(30)8-9-31(25,32)6/h17,22,24-26,36H,8-13,15-16,18,20H2,1-7H3/t22-,24+,25-,26+,30+,31-,32-,33-/m1/s1. The lowest BCUT2D eigenvalue weighted by atomic mass is 9.31. The third kappa shape index (κ3) is 3.49. The lowest BCUT2D eigenvalue weighted by molar-refractivity contribution is -0.222. The van der Waals surface area contributed by atoms with Crippen LogP contribution in [0.25, 0.3) is 0 Å². The number of nitriles is 2. The monoisotopic (exact) mass is 517 g/mol. The summed E-state index contributed by atoms with van der Waals surface area (Å²) in [4.78, 5) is 27.8. The van der Waals surface area contributed by atoms with Crippen molar-refractivity contribution in [3.63, 3.8) is 0 Å². The van der Waals surface area contributed by atoms with Crippen LogP contribution in [-0.4, -0.2) is 24.7 Å². The van der Waals surface area contributed by atoms with Gasteiger partial charge in [0.25, 0.3) is 0 Å². The van der Waals surface area contributed by atoms with Crippen LogP contribution in [0.1, 0.15) is 99.8 Å². The number of Topliss-reactive ketones (excluding diaryl/α,β-unsaturated/α-hetero) is 2. The molecular formula is C33H47N3O2. The van der Waals surface area contributed by atoms with E-state index in [1.165, 1.54) is 6.42 Å². The van der Waals surface area contributed by atoms with Crippen LogP contribution < -0.4 is 5.32 Å². The van der Waals surface area contributed by atoms with Crippen molar-refractivity contribution in [1.29, 1.82) is 10.5 Å². The highest BCUT2D eigenvalue weighted by Gasteiger charge is 2.72. The number of nitrogens with one attached hydrogen (secondary N) is 1. The molecule has 1 N–H and O–H groups in total. The van der Waals surface area contributed by atoms with Crippen LogP contribution in [0.15, 0.2) is 11.6 Å². The largest absolute Gasteiger partial charge is 0.304 e. The van der Waals surface area contributed by atoms with Crippen LogP contribution >= 0.6 is 0 Å². The molecule has 206 valence electrons. The molecule has 4 fully saturated rings. The molecule has 0 radical (unpaired) electrons. The van der Waals surface area contributed by atoms with Gasteiger partial charge in [-0.3, -0.25) is 9.59 Å². The summed E-state index contributed by atoms with van der Waals surface area (Å²) in [7, 11) is 0. The summed E-state index contributed by atoms with van der Waals surface area (Å²) >= 11 is 0. The van der Waals surface area contributed by atoms with Gasteiger partial charge in [-0.25, -0.2) is 0 Å². The van der Waals surface area contributed by atoms with Gasteiger partial charge in [0.05, 0.1) is 18.2 Å². The van der Waals surface area contributed by atoms with Crippen molar-refractivity contribution in [3.05, 3.63) is 11.6 Å². The second-order valence-corrected chi connectivity index (χ2v) is 15.8. The molecule has 0 amide bonds. The molecule has 0 heterocycles. The number of carbonyl (C=O) groups is 2. The fourth-order valence-electron chi connectivity index (χ4n) is 11.1. The smallest absolute Gasteiger partial charge is 0.178 e.